The molecule has 1 aromatic rings. The summed E-state index contributed by atoms with van der Waals surface area (Å²) in [6.07, 6.45) is 8.64. The monoisotopic (exact) mass is 236 g/mol. The van der Waals surface area contributed by atoms with Gasteiger partial charge in [0.15, 0.2) is 0 Å². The van der Waals surface area contributed by atoms with Crippen LogP contribution >= 0.6 is 0 Å². The van der Waals surface area contributed by atoms with Crippen LogP contribution < -0.4 is 5.32 Å². The van der Waals surface area contributed by atoms with Crippen molar-refractivity contribution < 1.29 is 0 Å². The number of aromatic nitrogens is 2. The lowest BCUT2D eigenvalue weighted by Crippen LogP contribution is -2.34. The molecule has 2 N–H and O–H groups in total. The van der Waals surface area contributed by atoms with Gasteiger partial charge in [0.25, 0.3) is 0 Å². The Hall–Kier alpha value is -0.870. The van der Waals surface area contributed by atoms with Crippen LogP contribution in [0.2, 0.25) is 0 Å². The molecule has 0 spiro atoms. The quantitative estimate of drug-likeness (QED) is 0.839. The average molecular weight is 236 g/mol. The molecule has 4 heteroatoms. The van der Waals surface area contributed by atoms with E-state index in [2.05, 4.69) is 34.2 Å². The number of hydrogen-bond acceptors (Lipinski definition) is 3. The lowest BCUT2D eigenvalue weighted by atomic mass is 10.1. The Morgan fingerprint density at radius 3 is 3.12 bits per heavy atom. The van der Waals surface area contributed by atoms with Gasteiger partial charge in [-0.25, -0.2) is 4.98 Å². The SMILES string of the molecule is CCC(NC1CCCN(C)CC1)c1ncc[nH]1. The molecule has 0 aromatic carbocycles. The van der Waals surface area contributed by atoms with Gasteiger partial charge < -0.3 is 15.2 Å². The van der Waals surface area contributed by atoms with E-state index in [0.29, 0.717) is 12.1 Å². The molecule has 0 aliphatic carbocycles. The van der Waals surface area contributed by atoms with Gasteiger partial charge in [0.2, 0.25) is 0 Å². The fraction of sp³-hybridized carbons (Fsp3) is 0.769. The zero-order chi connectivity index (χ0) is 12.1. The van der Waals surface area contributed by atoms with Gasteiger partial charge in [-0.05, 0) is 45.8 Å². The molecule has 1 saturated heterocycles. The molecule has 96 valence electrons. The molecule has 2 unspecified atom stereocenters. The summed E-state index contributed by atoms with van der Waals surface area (Å²) < 4.78 is 0. The summed E-state index contributed by atoms with van der Waals surface area (Å²) in [5.41, 5.74) is 0. The van der Waals surface area contributed by atoms with Crippen molar-refractivity contribution in [3.8, 4) is 0 Å². The molecule has 2 heterocycles. The Bertz CT molecular complexity index is 309. The summed E-state index contributed by atoms with van der Waals surface area (Å²) in [7, 11) is 2.21. The van der Waals surface area contributed by atoms with E-state index in [9.17, 15) is 0 Å². The molecule has 0 radical (unpaired) electrons. The summed E-state index contributed by atoms with van der Waals surface area (Å²) in [5.74, 6) is 1.07. The number of hydrogen-bond donors (Lipinski definition) is 2. The lowest BCUT2D eigenvalue weighted by Gasteiger charge is -2.22. The lowest BCUT2D eigenvalue weighted by molar-refractivity contribution is 0.336. The van der Waals surface area contributed by atoms with Crippen molar-refractivity contribution in [2.75, 3.05) is 20.1 Å². The van der Waals surface area contributed by atoms with Crippen molar-refractivity contribution in [1.82, 2.24) is 20.2 Å². The fourth-order valence-corrected chi connectivity index (χ4v) is 2.55. The predicted octanol–water partition coefficient (Wildman–Crippen LogP) is 1.93. The number of nitrogens with zero attached hydrogens (tertiary/aromatic N) is 2. The third kappa shape index (κ3) is 3.54. The van der Waals surface area contributed by atoms with E-state index in [1.54, 1.807) is 0 Å². The fourth-order valence-electron chi connectivity index (χ4n) is 2.55. The highest BCUT2D eigenvalue weighted by Gasteiger charge is 2.19. The summed E-state index contributed by atoms with van der Waals surface area (Å²) >= 11 is 0. The van der Waals surface area contributed by atoms with Gasteiger partial charge in [0, 0.05) is 18.4 Å². The van der Waals surface area contributed by atoms with Crippen LogP contribution in [0, 0.1) is 0 Å². The minimum absolute atomic E-state index is 0.374. The Labute approximate surface area is 104 Å². The minimum atomic E-state index is 0.374. The number of likely N-dealkylation sites (tertiary alicyclic amines) is 1. The Morgan fingerprint density at radius 1 is 1.53 bits per heavy atom. The summed E-state index contributed by atoms with van der Waals surface area (Å²) in [6.45, 7) is 4.64. The third-order valence-electron chi connectivity index (χ3n) is 3.65. The normalized spacial score (nSPS) is 24.5. The van der Waals surface area contributed by atoms with Crippen molar-refractivity contribution in [2.24, 2.45) is 0 Å². The zero-order valence-electron chi connectivity index (χ0n) is 10.9. The van der Waals surface area contributed by atoms with E-state index in [1.807, 2.05) is 12.4 Å². The van der Waals surface area contributed by atoms with Gasteiger partial charge in [-0.3, -0.25) is 0 Å². The first kappa shape index (κ1) is 12.6. The number of H-pyrrole nitrogens is 1. The van der Waals surface area contributed by atoms with Gasteiger partial charge >= 0.3 is 0 Å². The molecule has 1 aliphatic heterocycles. The second-order valence-electron chi connectivity index (χ2n) is 5.03. The third-order valence-corrected chi connectivity index (χ3v) is 3.65. The second-order valence-corrected chi connectivity index (χ2v) is 5.03. The minimum Gasteiger partial charge on any atom is -0.347 e. The summed E-state index contributed by atoms with van der Waals surface area (Å²) in [5, 5.41) is 3.75. The number of aromatic amines is 1. The van der Waals surface area contributed by atoms with Crippen molar-refractivity contribution in [1.29, 1.82) is 0 Å². The highest BCUT2D eigenvalue weighted by Crippen LogP contribution is 2.17. The zero-order valence-corrected chi connectivity index (χ0v) is 10.9. The maximum Gasteiger partial charge on any atom is 0.123 e. The van der Waals surface area contributed by atoms with Crippen molar-refractivity contribution in [3.05, 3.63) is 18.2 Å². The topological polar surface area (TPSA) is 44.0 Å². The number of imidazole rings is 1. The Kier molecular flexibility index (Phi) is 4.57. The second kappa shape index (κ2) is 6.17. The smallest absolute Gasteiger partial charge is 0.123 e. The summed E-state index contributed by atoms with van der Waals surface area (Å²) in [4.78, 5) is 10.0. The molecule has 2 rings (SSSR count). The molecule has 0 bridgehead atoms. The van der Waals surface area contributed by atoms with E-state index in [1.165, 1.54) is 32.4 Å². The van der Waals surface area contributed by atoms with Crippen molar-refractivity contribution in [2.45, 2.75) is 44.7 Å². The van der Waals surface area contributed by atoms with Crippen molar-refractivity contribution >= 4 is 0 Å². The first-order valence-corrected chi connectivity index (χ1v) is 6.73. The van der Waals surface area contributed by atoms with Crippen LogP contribution in [0.25, 0.3) is 0 Å². The van der Waals surface area contributed by atoms with E-state index < -0.39 is 0 Å². The molecular formula is C13H24N4. The summed E-state index contributed by atoms with van der Waals surface area (Å²) in [6, 6.07) is 1.01. The van der Waals surface area contributed by atoms with Crippen LogP contribution in [0.1, 0.15) is 44.5 Å². The molecule has 0 saturated carbocycles. The maximum atomic E-state index is 4.36. The van der Waals surface area contributed by atoms with E-state index in [-0.39, 0.29) is 0 Å². The van der Waals surface area contributed by atoms with Crippen LogP contribution in [-0.2, 0) is 0 Å². The van der Waals surface area contributed by atoms with Crippen LogP contribution in [0.5, 0.6) is 0 Å². The van der Waals surface area contributed by atoms with E-state index in [0.717, 1.165) is 12.2 Å². The first-order chi connectivity index (χ1) is 8.29. The van der Waals surface area contributed by atoms with Gasteiger partial charge in [0.1, 0.15) is 5.82 Å². The highest BCUT2D eigenvalue weighted by molar-refractivity contribution is 4.96. The molecule has 4 nitrogen and oxygen atoms in total. The van der Waals surface area contributed by atoms with Gasteiger partial charge in [-0.2, -0.15) is 0 Å². The van der Waals surface area contributed by atoms with Crippen LogP contribution in [0.4, 0.5) is 0 Å². The molecule has 0 amide bonds. The largest absolute Gasteiger partial charge is 0.347 e. The van der Waals surface area contributed by atoms with Gasteiger partial charge in [-0.15, -0.1) is 0 Å². The molecule has 17 heavy (non-hydrogen) atoms. The Balaban J connectivity index is 1.90. The molecular weight excluding hydrogens is 212 g/mol. The standard InChI is InChI=1S/C13H24N4/c1-3-12(13-14-7-8-15-13)16-11-5-4-9-17(2)10-6-11/h7-8,11-12,16H,3-6,9-10H2,1-2H3,(H,14,15). The van der Waals surface area contributed by atoms with Gasteiger partial charge in [0.05, 0.1) is 6.04 Å². The van der Waals surface area contributed by atoms with Crippen LogP contribution in [-0.4, -0.2) is 41.0 Å². The van der Waals surface area contributed by atoms with E-state index >= 15 is 0 Å². The first-order valence-electron chi connectivity index (χ1n) is 6.73. The van der Waals surface area contributed by atoms with Crippen LogP contribution in [0.15, 0.2) is 12.4 Å². The molecule has 1 aliphatic rings. The molecule has 2 atom stereocenters. The molecule has 1 fully saturated rings. The van der Waals surface area contributed by atoms with Crippen LogP contribution in [0.3, 0.4) is 0 Å². The van der Waals surface area contributed by atoms with Crippen molar-refractivity contribution in [3.63, 3.8) is 0 Å². The average Bonchev–Trinajstić information content (AvgIpc) is 2.78. The number of rotatable bonds is 4. The van der Waals surface area contributed by atoms with Gasteiger partial charge in [-0.1, -0.05) is 6.92 Å². The number of nitrogens with one attached hydrogen (secondary N) is 2. The maximum absolute atomic E-state index is 4.36. The van der Waals surface area contributed by atoms with E-state index in [4.69, 9.17) is 0 Å². The molecule has 1 aromatic heterocycles. The Morgan fingerprint density at radius 2 is 2.41 bits per heavy atom. The predicted molar refractivity (Wildman–Crippen MR) is 69.9 cm³/mol. The highest BCUT2D eigenvalue weighted by atomic mass is 15.1.